The number of rotatable bonds is 3. The number of aromatic amines is 1. The van der Waals surface area contributed by atoms with E-state index in [-0.39, 0.29) is 5.02 Å². The Morgan fingerprint density at radius 2 is 2.04 bits per heavy atom. The molecular formula is C18H14ClFN4. The molecule has 0 spiro atoms. The van der Waals surface area contributed by atoms with Crippen molar-refractivity contribution in [2.45, 2.75) is 0 Å². The first-order valence-corrected chi connectivity index (χ1v) is 7.90. The fraction of sp³-hybridized carbons (Fsp3) is 0.0556. The van der Waals surface area contributed by atoms with Gasteiger partial charge in [-0.3, -0.25) is 15.5 Å². The minimum absolute atomic E-state index is 0.0877. The van der Waals surface area contributed by atoms with E-state index >= 15 is 0 Å². The summed E-state index contributed by atoms with van der Waals surface area (Å²) >= 11 is 6.23. The molecule has 1 aromatic heterocycles. The van der Waals surface area contributed by atoms with Gasteiger partial charge in [-0.15, -0.1) is 0 Å². The lowest BCUT2D eigenvalue weighted by molar-refractivity contribution is 0.492. The summed E-state index contributed by atoms with van der Waals surface area (Å²) in [5.74, 6) is 0.0559. The summed E-state index contributed by atoms with van der Waals surface area (Å²) in [4.78, 5) is 0. The Labute approximate surface area is 143 Å². The van der Waals surface area contributed by atoms with Crippen LogP contribution in [0.25, 0.3) is 22.0 Å². The van der Waals surface area contributed by atoms with Crippen molar-refractivity contribution in [3.05, 3.63) is 71.7 Å². The smallest absolute Gasteiger partial charge is 0.174 e. The highest BCUT2D eigenvalue weighted by Crippen LogP contribution is 2.36. The first-order chi connectivity index (χ1) is 11.7. The fourth-order valence-corrected chi connectivity index (χ4v) is 2.95. The van der Waals surface area contributed by atoms with Crippen molar-refractivity contribution in [2.24, 2.45) is 0 Å². The summed E-state index contributed by atoms with van der Waals surface area (Å²) < 4.78 is 14.7. The van der Waals surface area contributed by atoms with Gasteiger partial charge >= 0.3 is 0 Å². The van der Waals surface area contributed by atoms with Crippen molar-refractivity contribution in [1.82, 2.24) is 15.2 Å². The predicted octanol–water partition coefficient (Wildman–Crippen LogP) is 4.73. The molecule has 120 valence electrons. The number of aromatic nitrogens is 2. The molecule has 0 fully saturated rings. The van der Waals surface area contributed by atoms with Gasteiger partial charge in [0, 0.05) is 17.1 Å². The second-order valence-electron chi connectivity index (χ2n) is 5.45. The number of benzene rings is 2. The third-order valence-electron chi connectivity index (χ3n) is 3.89. The van der Waals surface area contributed by atoms with Crippen LogP contribution in [0.3, 0.4) is 0 Å². The minimum Gasteiger partial charge on any atom is -0.290 e. The topological polar surface area (TPSA) is 44.0 Å². The van der Waals surface area contributed by atoms with Gasteiger partial charge in [0.2, 0.25) is 0 Å². The number of hydrazine groups is 1. The van der Waals surface area contributed by atoms with E-state index in [1.54, 1.807) is 0 Å². The Kier molecular flexibility index (Phi) is 3.70. The van der Waals surface area contributed by atoms with Crippen molar-refractivity contribution < 1.29 is 4.39 Å². The van der Waals surface area contributed by atoms with E-state index < -0.39 is 5.82 Å². The van der Waals surface area contributed by atoms with E-state index in [9.17, 15) is 4.39 Å². The molecule has 0 saturated carbocycles. The predicted molar refractivity (Wildman–Crippen MR) is 95.1 cm³/mol. The van der Waals surface area contributed by atoms with Crippen LogP contribution in [-0.2, 0) is 0 Å². The van der Waals surface area contributed by atoms with E-state index in [1.165, 1.54) is 0 Å². The summed E-state index contributed by atoms with van der Waals surface area (Å²) in [7, 11) is 0. The number of nitrogens with one attached hydrogen (secondary N) is 2. The summed E-state index contributed by atoms with van der Waals surface area (Å²) in [5, 5.41) is 9.52. The molecule has 1 aliphatic rings. The molecule has 0 saturated heterocycles. The molecular weight excluding hydrogens is 327 g/mol. The lowest BCUT2D eigenvalue weighted by Gasteiger charge is -2.21. The van der Waals surface area contributed by atoms with Gasteiger partial charge in [0.15, 0.2) is 11.6 Å². The number of hydrogen-bond acceptors (Lipinski definition) is 3. The van der Waals surface area contributed by atoms with E-state index in [0.29, 0.717) is 28.8 Å². The highest BCUT2D eigenvalue weighted by Gasteiger charge is 2.18. The first-order valence-electron chi connectivity index (χ1n) is 7.52. The SMILES string of the molecule is Fc1c(Cl)c(-c2ccccc2)cc2c(NN3C=CC=CC3)n[nH]c12. The number of anilines is 1. The van der Waals surface area contributed by atoms with Crippen molar-refractivity contribution in [2.75, 3.05) is 12.0 Å². The van der Waals surface area contributed by atoms with Gasteiger partial charge in [-0.2, -0.15) is 5.10 Å². The lowest BCUT2D eigenvalue weighted by atomic mass is 10.0. The Bertz CT molecular complexity index is 947. The molecule has 1 aliphatic heterocycles. The lowest BCUT2D eigenvalue weighted by Crippen LogP contribution is -2.25. The number of allylic oxidation sites excluding steroid dienone is 2. The van der Waals surface area contributed by atoms with Gasteiger partial charge in [-0.1, -0.05) is 54.1 Å². The molecule has 2 heterocycles. The van der Waals surface area contributed by atoms with Crippen LogP contribution in [0.5, 0.6) is 0 Å². The van der Waals surface area contributed by atoms with Crippen molar-refractivity contribution in [1.29, 1.82) is 0 Å². The standard InChI is InChI=1S/C18H14ClFN4/c19-15-13(12-7-3-1-4-8-12)11-14-17(16(15)20)21-22-18(14)23-24-9-5-2-6-10-24/h1-9,11H,10H2,(H2,21,22,23). The molecule has 0 amide bonds. The number of fused-ring (bicyclic) bond motifs is 1. The highest BCUT2D eigenvalue weighted by molar-refractivity contribution is 6.34. The monoisotopic (exact) mass is 340 g/mol. The van der Waals surface area contributed by atoms with Crippen molar-refractivity contribution >= 4 is 28.3 Å². The van der Waals surface area contributed by atoms with Gasteiger partial charge < -0.3 is 0 Å². The van der Waals surface area contributed by atoms with Gasteiger partial charge in [0.1, 0.15) is 5.52 Å². The maximum Gasteiger partial charge on any atom is 0.174 e. The van der Waals surface area contributed by atoms with Crippen LogP contribution in [0, 0.1) is 5.82 Å². The molecule has 4 rings (SSSR count). The quantitative estimate of drug-likeness (QED) is 0.724. The summed E-state index contributed by atoms with van der Waals surface area (Å²) in [5.41, 5.74) is 4.96. The molecule has 2 aromatic carbocycles. The molecule has 24 heavy (non-hydrogen) atoms. The van der Waals surface area contributed by atoms with Gasteiger partial charge in [-0.05, 0) is 17.7 Å². The minimum atomic E-state index is -0.498. The van der Waals surface area contributed by atoms with Crippen LogP contribution in [0.1, 0.15) is 0 Å². The van der Waals surface area contributed by atoms with Gasteiger partial charge in [0.05, 0.1) is 11.6 Å². The molecule has 6 heteroatoms. The van der Waals surface area contributed by atoms with Crippen molar-refractivity contribution in [3.8, 4) is 11.1 Å². The van der Waals surface area contributed by atoms with Crippen LogP contribution in [0.4, 0.5) is 10.2 Å². The molecule has 0 aliphatic carbocycles. The van der Waals surface area contributed by atoms with Crippen LogP contribution in [-0.4, -0.2) is 21.8 Å². The largest absolute Gasteiger partial charge is 0.290 e. The van der Waals surface area contributed by atoms with E-state index in [1.807, 2.05) is 65.8 Å². The molecule has 3 aromatic rings. The Morgan fingerprint density at radius 1 is 1.21 bits per heavy atom. The van der Waals surface area contributed by atoms with Crippen LogP contribution >= 0.6 is 11.6 Å². The average Bonchev–Trinajstić information content (AvgIpc) is 3.02. The zero-order chi connectivity index (χ0) is 16.5. The van der Waals surface area contributed by atoms with Crippen LogP contribution in [0.15, 0.2) is 60.8 Å². The molecule has 2 N–H and O–H groups in total. The zero-order valence-corrected chi connectivity index (χ0v) is 13.4. The summed E-state index contributed by atoms with van der Waals surface area (Å²) in [6.45, 7) is 0.701. The molecule has 0 unspecified atom stereocenters. The van der Waals surface area contributed by atoms with Gasteiger partial charge in [-0.25, -0.2) is 4.39 Å². The molecule has 0 radical (unpaired) electrons. The number of nitrogens with zero attached hydrogens (tertiary/aromatic N) is 2. The maximum atomic E-state index is 14.7. The molecule has 0 bridgehead atoms. The maximum absolute atomic E-state index is 14.7. The first kappa shape index (κ1) is 14.8. The van der Waals surface area contributed by atoms with E-state index in [0.717, 1.165) is 5.56 Å². The fourth-order valence-electron chi connectivity index (χ4n) is 2.69. The third kappa shape index (κ3) is 2.53. The number of halogens is 2. The van der Waals surface area contributed by atoms with Crippen molar-refractivity contribution in [3.63, 3.8) is 0 Å². The second kappa shape index (κ2) is 6.02. The van der Waals surface area contributed by atoms with E-state index in [4.69, 9.17) is 11.6 Å². The normalized spacial score (nSPS) is 13.7. The molecule has 0 atom stereocenters. The third-order valence-corrected chi connectivity index (χ3v) is 4.26. The zero-order valence-electron chi connectivity index (χ0n) is 12.6. The summed E-state index contributed by atoms with van der Waals surface area (Å²) in [6.07, 6.45) is 7.78. The molecule has 4 nitrogen and oxygen atoms in total. The Hall–Kier alpha value is -2.79. The summed E-state index contributed by atoms with van der Waals surface area (Å²) in [6, 6.07) is 11.4. The highest BCUT2D eigenvalue weighted by atomic mass is 35.5. The van der Waals surface area contributed by atoms with E-state index in [2.05, 4.69) is 15.6 Å². The number of H-pyrrole nitrogens is 1. The van der Waals surface area contributed by atoms with Crippen LogP contribution in [0.2, 0.25) is 5.02 Å². The number of hydrogen-bond donors (Lipinski definition) is 2. The Balaban J connectivity index is 1.81. The van der Waals surface area contributed by atoms with Gasteiger partial charge in [0.25, 0.3) is 0 Å². The Morgan fingerprint density at radius 3 is 2.79 bits per heavy atom. The van der Waals surface area contributed by atoms with Crippen LogP contribution < -0.4 is 5.43 Å². The average molecular weight is 341 g/mol. The second-order valence-corrected chi connectivity index (χ2v) is 5.82.